The van der Waals surface area contributed by atoms with Crippen LogP contribution >= 0.6 is 0 Å². The number of imidazole rings is 1. The Hall–Kier alpha value is -2.17. The normalized spacial score (nSPS) is 10.3. The van der Waals surface area contributed by atoms with Gasteiger partial charge in [0.15, 0.2) is 0 Å². The van der Waals surface area contributed by atoms with Gasteiger partial charge in [-0.05, 0) is 18.2 Å². The predicted octanol–water partition coefficient (Wildman–Crippen LogP) is 1.64. The Bertz CT molecular complexity index is 522. The number of rotatable bonds is 3. The Labute approximate surface area is 91.0 Å². The largest absolute Gasteiger partial charge is 0.481 e. The van der Waals surface area contributed by atoms with Crippen LogP contribution in [0.25, 0.3) is 5.69 Å². The second-order valence-electron chi connectivity index (χ2n) is 3.31. The molecule has 0 amide bonds. The molecule has 2 aromatic rings. The SMILES string of the molecule is O=C(O)Cc1cncn1-c1cccc(F)c1. The van der Waals surface area contributed by atoms with Crippen LogP contribution in [0, 0.1) is 5.82 Å². The maximum Gasteiger partial charge on any atom is 0.309 e. The van der Waals surface area contributed by atoms with Crippen molar-refractivity contribution in [3.63, 3.8) is 0 Å². The van der Waals surface area contributed by atoms with Crippen LogP contribution in [0.2, 0.25) is 0 Å². The van der Waals surface area contributed by atoms with Crippen molar-refractivity contribution in [3.05, 3.63) is 48.3 Å². The van der Waals surface area contributed by atoms with E-state index in [0.29, 0.717) is 11.4 Å². The summed E-state index contributed by atoms with van der Waals surface area (Å²) < 4.78 is 14.6. The highest BCUT2D eigenvalue weighted by molar-refractivity contribution is 5.69. The van der Waals surface area contributed by atoms with E-state index >= 15 is 0 Å². The Morgan fingerprint density at radius 3 is 3.00 bits per heavy atom. The van der Waals surface area contributed by atoms with Crippen molar-refractivity contribution < 1.29 is 14.3 Å². The van der Waals surface area contributed by atoms with E-state index in [-0.39, 0.29) is 12.2 Å². The lowest BCUT2D eigenvalue weighted by Crippen LogP contribution is -2.06. The molecule has 0 atom stereocenters. The smallest absolute Gasteiger partial charge is 0.309 e. The highest BCUT2D eigenvalue weighted by atomic mass is 19.1. The Morgan fingerprint density at radius 1 is 1.50 bits per heavy atom. The van der Waals surface area contributed by atoms with Crippen molar-refractivity contribution in [3.8, 4) is 5.69 Å². The molecule has 1 aromatic heterocycles. The van der Waals surface area contributed by atoms with Crippen molar-refractivity contribution in [2.45, 2.75) is 6.42 Å². The first kappa shape index (κ1) is 10.4. The highest BCUT2D eigenvalue weighted by Crippen LogP contribution is 2.13. The van der Waals surface area contributed by atoms with Gasteiger partial charge in [-0.1, -0.05) is 6.07 Å². The number of hydrogen-bond acceptors (Lipinski definition) is 2. The van der Waals surface area contributed by atoms with Crippen LogP contribution in [0.15, 0.2) is 36.8 Å². The summed E-state index contributed by atoms with van der Waals surface area (Å²) in [6.07, 6.45) is 2.78. The van der Waals surface area contributed by atoms with Gasteiger partial charge < -0.3 is 9.67 Å². The number of hydrogen-bond donors (Lipinski definition) is 1. The van der Waals surface area contributed by atoms with Crippen molar-refractivity contribution in [2.24, 2.45) is 0 Å². The molecule has 4 nitrogen and oxygen atoms in total. The summed E-state index contributed by atoms with van der Waals surface area (Å²) in [5.41, 5.74) is 1.08. The molecule has 0 saturated heterocycles. The Balaban J connectivity index is 2.40. The summed E-state index contributed by atoms with van der Waals surface area (Å²) >= 11 is 0. The summed E-state index contributed by atoms with van der Waals surface area (Å²) in [6, 6.07) is 5.91. The number of aromatic nitrogens is 2. The van der Waals surface area contributed by atoms with Crippen LogP contribution in [-0.4, -0.2) is 20.6 Å². The van der Waals surface area contributed by atoms with Gasteiger partial charge in [-0.2, -0.15) is 0 Å². The summed E-state index contributed by atoms with van der Waals surface area (Å²) in [4.78, 5) is 14.5. The molecule has 0 fully saturated rings. The standard InChI is InChI=1S/C11H9FN2O2/c12-8-2-1-3-9(4-8)14-7-13-6-10(14)5-11(15)16/h1-4,6-7H,5H2,(H,15,16). The number of carboxylic acids is 1. The van der Waals surface area contributed by atoms with Crippen LogP contribution in [0.3, 0.4) is 0 Å². The van der Waals surface area contributed by atoms with E-state index in [4.69, 9.17) is 5.11 Å². The highest BCUT2D eigenvalue weighted by Gasteiger charge is 2.08. The van der Waals surface area contributed by atoms with E-state index in [1.54, 1.807) is 16.7 Å². The molecular formula is C11H9FN2O2. The minimum atomic E-state index is -0.946. The molecule has 1 aromatic carbocycles. The van der Waals surface area contributed by atoms with Crippen molar-refractivity contribution in [1.82, 2.24) is 9.55 Å². The molecule has 5 heteroatoms. The molecule has 1 N–H and O–H groups in total. The van der Waals surface area contributed by atoms with Crippen LogP contribution in [0.1, 0.15) is 5.69 Å². The van der Waals surface area contributed by atoms with Gasteiger partial charge in [0.05, 0.1) is 18.4 Å². The summed E-state index contributed by atoms with van der Waals surface area (Å²) in [5.74, 6) is -1.31. The topological polar surface area (TPSA) is 55.1 Å². The number of nitrogens with zero attached hydrogens (tertiary/aromatic N) is 2. The second kappa shape index (κ2) is 4.14. The third-order valence-electron chi connectivity index (χ3n) is 2.13. The van der Waals surface area contributed by atoms with Gasteiger partial charge >= 0.3 is 5.97 Å². The van der Waals surface area contributed by atoms with Gasteiger partial charge in [0, 0.05) is 11.9 Å². The number of carboxylic acid groups (broad SMARTS) is 1. The molecule has 0 bridgehead atoms. The zero-order chi connectivity index (χ0) is 11.5. The molecule has 0 aliphatic heterocycles. The van der Waals surface area contributed by atoms with Crippen LogP contribution in [0.4, 0.5) is 4.39 Å². The first-order valence-electron chi connectivity index (χ1n) is 4.66. The van der Waals surface area contributed by atoms with E-state index < -0.39 is 5.97 Å². The average Bonchev–Trinajstić information content (AvgIpc) is 2.65. The molecule has 2 rings (SSSR count). The number of carbonyl (C=O) groups is 1. The Morgan fingerprint density at radius 2 is 2.31 bits per heavy atom. The van der Waals surface area contributed by atoms with E-state index in [1.165, 1.54) is 24.7 Å². The van der Waals surface area contributed by atoms with Crippen LogP contribution < -0.4 is 0 Å². The maximum atomic E-state index is 13.0. The first-order chi connectivity index (χ1) is 7.66. The van der Waals surface area contributed by atoms with E-state index in [0.717, 1.165) is 0 Å². The molecule has 1 heterocycles. The van der Waals surface area contributed by atoms with Gasteiger partial charge in [0.25, 0.3) is 0 Å². The third-order valence-corrected chi connectivity index (χ3v) is 2.13. The lowest BCUT2D eigenvalue weighted by Gasteiger charge is -2.06. The molecule has 0 spiro atoms. The van der Waals surface area contributed by atoms with Gasteiger partial charge in [-0.15, -0.1) is 0 Å². The minimum absolute atomic E-state index is 0.142. The molecule has 0 saturated carbocycles. The minimum Gasteiger partial charge on any atom is -0.481 e. The second-order valence-corrected chi connectivity index (χ2v) is 3.31. The van der Waals surface area contributed by atoms with Gasteiger partial charge in [-0.25, -0.2) is 9.37 Å². The van der Waals surface area contributed by atoms with Crippen LogP contribution in [0.5, 0.6) is 0 Å². The fourth-order valence-corrected chi connectivity index (χ4v) is 1.47. The predicted molar refractivity (Wildman–Crippen MR) is 54.9 cm³/mol. The van der Waals surface area contributed by atoms with Gasteiger partial charge in [0.1, 0.15) is 5.82 Å². The summed E-state index contributed by atoms with van der Waals surface area (Å²) in [5, 5.41) is 8.70. The van der Waals surface area contributed by atoms with Crippen molar-refractivity contribution in [1.29, 1.82) is 0 Å². The molecule has 0 aliphatic rings. The number of halogens is 1. The first-order valence-corrected chi connectivity index (χ1v) is 4.66. The van der Waals surface area contributed by atoms with Crippen molar-refractivity contribution >= 4 is 5.97 Å². The van der Waals surface area contributed by atoms with Crippen LogP contribution in [-0.2, 0) is 11.2 Å². The quantitative estimate of drug-likeness (QED) is 0.855. The molecular weight excluding hydrogens is 211 g/mol. The number of aliphatic carboxylic acids is 1. The van der Waals surface area contributed by atoms with E-state index in [9.17, 15) is 9.18 Å². The third kappa shape index (κ3) is 2.08. The molecule has 16 heavy (non-hydrogen) atoms. The Kier molecular flexibility index (Phi) is 2.68. The van der Waals surface area contributed by atoms with Gasteiger partial charge in [0.2, 0.25) is 0 Å². The fraction of sp³-hybridized carbons (Fsp3) is 0.0909. The molecule has 0 radical (unpaired) electrons. The van der Waals surface area contributed by atoms with E-state index in [1.807, 2.05) is 0 Å². The van der Waals surface area contributed by atoms with E-state index in [2.05, 4.69) is 4.98 Å². The zero-order valence-electron chi connectivity index (χ0n) is 8.30. The summed E-state index contributed by atoms with van der Waals surface area (Å²) in [6.45, 7) is 0. The number of benzene rings is 1. The summed E-state index contributed by atoms with van der Waals surface area (Å²) in [7, 11) is 0. The lowest BCUT2D eigenvalue weighted by molar-refractivity contribution is -0.136. The molecule has 0 aliphatic carbocycles. The van der Waals surface area contributed by atoms with Crippen molar-refractivity contribution in [2.75, 3.05) is 0 Å². The monoisotopic (exact) mass is 220 g/mol. The molecule has 0 unspecified atom stereocenters. The maximum absolute atomic E-state index is 13.0. The van der Waals surface area contributed by atoms with Gasteiger partial charge in [-0.3, -0.25) is 4.79 Å². The zero-order valence-corrected chi connectivity index (χ0v) is 8.30. The molecule has 82 valence electrons. The fourth-order valence-electron chi connectivity index (χ4n) is 1.47. The average molecular weight is 220 g/mol. The lowest BCUT2D eigenvalue weighted by atomic mass is 10.2.